The van der Waals surface area contributed by atoms with Crippen molar-refractivity contribution in [3.05, 3.63) is 71.8 Å². The minimum Gasteiger partial charge on any atom is -0.497 e. The number of hydrogen-bond donors (Lipinski definition) is 1. The maximum Gasteiger partial charge on any atom is 0.259 e. The fourth-order valence-corrected chi connectivity index (χ4v) is 3.08. The van der Waals surface area contributed by atoms with Gasteiger partial charge in [0.1, 0.15) is 17.0 Å². The van der Waals surface area contributed by atoms with Crippen molar-refractivity contribution in [2.75, 3.05) is 19.5 Å². The number of fused-ring (bicyclic) bond motifs is 1. The van der Waals surface area contributed by atoms with E-state index in [1.54, 1.807) is 25.3 Å². The average Bonchev–Trinajstić information content (AvgIpc) is 3.16. The SMILES string of the molecule is COc1ccc(C(=O)Nc2cccc(-c3nc4cc(C)ccc4o3)c2)c(OC)c1. The van der Waals surface area contributed by atoms with Gasteiger partial charge in [-0.25, -0.2) is 4.98 Å². The standard InChI is InChI=1S/C23H20N2O4/c1-14-7-10-20-19(11-14)25-23(29-20)15-5-4-6-16(12-15)24-22(26)18-9-8-17(27-2)13-21(18)28-3/h4-13H,1-3H3,(H,24,26). The largest absolute Gasteiger partial charge is 0.497 e. The molecule has 29 heavy (non-hydrogen) atoms. The van der Waals surface area contributed by atoms with Crippen LogP contribution in [0.3, 0.4) is 0 Å². The number of anilines is 1. The molecule has 0 radical (unpaired) electrons. The van der Waals surface area contributed by atoms with Crippen molar-refractivity contribution in [2.24, 2.45) is 0 Å². The summed E-state index contributed by atoms with van der Waals surface area (Å²) >= 11 is 0. The Kier molecular flexibility index (Phi) is 4.91. The number of ether oxygens (including phenoxy) is 2. The number of nitrogens with one attached hydrogen (secondary N) is 1. The number of carbonyl (C=O) groups excluding carboxylic acids is 1. The number of amides is 1. The van der Waals surface area contributed by atoms with Gasteiger partial charge >= 0.3 is 0 Å². The summed E-state index contributed by atoms with van der Waals surface area (Å²) in [6, 6.07) is 18.3. The van der Waals surface area contributed by atoms with E-state index in [0.717, 1.165) is 22.2 Å². The van der Waals surface area contributed by atoms with E-state index in [-0.39, 0.29) is 5.91 Å². The zero-order chi connectivity index (χ0) is 20.4. The number of rotatable bonds is 5. The van der Waals surface area contributed by atoms with Gasteiger partial charge in [-0.15, -0.1) is 0 Å². The molecule has 6 nitrogen and oxygen atoms in total. The summed E-state index contributed by atoms with van der Waals surface area (Å²) in [6.07, 6.45) is 0. The number of methoxy groups -OCH3 is 2. The number of benzene rings is 3. The minimum absolute atomic E-state index is 0.283. The van der Waals surface area contributed by atoms with E-state index >= 15 is 0 Å². The van der Waals surface area contributed by atoms with Crippen LogP contribution in [-0.4, -0.2) is 25.1 Å². The first-order chi connectivity index (χ1) is 14.1. The van der Waals surface area contributed by atoms with Gasteiger partial charge in [0.25, 0.3) is 5.91 Å². The smallest absolute Gasteiger partial charge is 0.259 e. The van der Waals surface area contributed by atoms with Crippen molar-refractivity contribution in [3.63, 3.8) is 0 Å². The van der Waals surface area contributed by atoms with Crippen LogP contribution in [0, 0.1) is 6.92 Å². The highest BCUT2D eigenvalue weighted by Crippen LogP contribution is 2.28. The van der Waals surface area contributed by atoms with Crippen LogP contribution in [-0.2, 0) is 0 Å². The molecular formula is C23H20N2O4. The molecule has 0 spiro atoms. The maximum atomic E-state index is 12.7. The summed E-state index contributed by atoms with van der Waals surface area (Å²) in [4.78, 5) is 17.3. The molecule has 0 aliphatic heterocycles. The Balaban J connectivity index is 1.61. The van der Waals surface area contributed by atoms with Crippen LogP contribution in [0.5, 0.6) is 11.5 Å². The number of nitrogens with zero attached hydrogens (tertiary/aromatic N) is 1. The molecule has 0 unspecified atom stereocenters. The van der Waals surface area contributed by atoms with Crippen LogP contribution in [0.1, 0.15) is 15.9 Å². The Morgan fingerprint density at radius 2 is 1.86 bits per heavy atom. The summed E-state index contributed by atoms with van der Waals surface area (Å²) in [5, 5.41) is 2.89. The lowest BCUT2D eigenvalue weighted by Gasteiger charge is -2.11. The van der Waals surface area contributed by atoms with E-state index in [1.807, 2.05) is 49.4 Å². The molecule has 0 bridgehead atoms. The van der Waals surface area contributed by atoms with Gasteiger partial charge in [-0.1, -0.05) is 12.1 Å². The summed E-state index contributed by atoms with van der Waals surface area (Å²) < 4.78 is 16.4. The van der Waals surface area contributed by atoms with Crippen molar-refractivity contribution >= 4 is 22.7 Å². The highest BCUT2D eigenvalue weighted by Gasteiger charge is 2.15. The number of carbonyl (C=O) groups is 1. The quantitative estimate of drug-likeness (QED) is 0.516. The third-order valence-corrected chi connectivity index (χ3v) is 4.56. The molecule has 1 aromatic heterocycles. The van der Waals surface area contributed by atoms with E-state index in [4.69, 9.17) is 13.9 Å². The van der Waals surface area contributed by atoms with Crippen molar-refractivity contribution < 1.29 is 18.7 Å². The lowest BCUT2D eigenvalue weighted by Crippen LogP contribution is -2.13. The molecule has 6 heteroatoms. The van der Waals surface area contributed by atoms with Crippen LogP contribution in [0.25, 0.3) is 22.6 Å². The van der Waals surface area contributed by atoms with Gasteiger partial charge in [-0.3, -0.25) is 4.79 Å². The zero-order valence-corrected chi connectivity index (χ0v) is 16.4. The molecule has 4 aromatic rings. The lowest BCUT2D eigenvalue weighted by atomic mass is 10.1. The molecule has 0 fully saturated rings. The molecule has 1 amide bonds. The Labute approximate surface area is 168 Å². The summed E-state index contributed by atoms with van der Waals surface area (Å²) in [5.41, 5.74) is 4.46. The van der Waals surface area contributed by atoms with Crippen molar-refractivity contribution in [1.82, 2.24) is 4.98 Å². The average molecular weight is 388 g/mol. The predicted molar refractivity (Wildman–Crippen MR) is 112 cm³/mol. The third-order valence-electron chi connectivity index (χ3n) is 4.56. The van der Waals surface area contributed by atoms with Crippen molar-refractivity contribution in [1.29, 1.82) is 0 Å². The number of hydrogen-bond acceptors (Lipinski definition) is 5. The first kappa shape index (κ1) is 18.6. The normalized spacial score (nSPS) is 10.7. The fourth-order valence-electron chi connectivity index (χ4n) is 3.08. The van der Waals surface area contributed by atoms with E-state index in [9.17, 15) is 4.79 Å². The summed E-state index contributed by atoms with van der Waals surface area (Å²) in [5.74, 6) is 1.28. The van der Waals surface area contributed by atoms with Gasteiger partial charge in [-0.2, -0.15) is 0 Å². The van der Waals surface area contributed by atoms with Crippen LogP contribution >= 0.6 is 0 Å². The molecule has 1 heterocycles. The van der Waals surface area contributed by atoms with Gasteiger partial charge in [0, 0.05) is 17.3 Å². The van der Waals surface area contributed by atoms with Gasteiger partial charge in [0.05, 0.1) is 19.8 Å². The molecule has 0 aliphatic carbocycles. The fraction of sp³-hybridized carbons (Fsp3) is 0.130. The molecule has 146 valence electrons. The topological polar surface area (TPSA) is 73.6 Å². The molecule has 0 aliphatic rings. The van der Waals surface area contributed by atoms with Gasteiger partial charge < -0.3 is 19.2 Å². The Morgan fingerprint density at radius 3 is 2.66 bits per heavy atom. The van der Waals surface area contributed by atoms with E-state index < -0.39 is 0 Å². The molecule has 4 rings (SSSR count). The monoisotopic (exact) mass is 388 g/mol. The van der Waals surface area contributed by atoms with Crippen LogP contribution in [0.2, 0.25) is 0 Å². The second kappa shape index (κ2) is 7.67. The minimum atomic E-state index is -0.283. The zero-order valence-electron chi connectivity index (χ0n) is 16.4. The summed E-state index contributed by atoms with van der Waals surface area (Å²) in [6.45, 7) is 2.01. The van der Waals surface area contributed by atoms with Crippen LogP contribution in [0.15, 0.2) is 65.1 Å². The number of aryl methyl sites for hydroxylation is 1. The highest BCUT2D eigenvalue weighted by molar-refractivity contribution is 6.06. The number of oxazole rings is 1. The van der Waals surface area contributed by atoms with Crippen molar-refractivity contribution in [2.45, 2.75) is 6.92 Å². The van der Waals surface area contributed by atoms with Crippen LogP contribution in [0.4, 0.5) is 5.69 Å². The molecular weight excluding hydrogens is 368 g/mol. The molecule has 0 saturated carbocycles. The highest BCUT2D eigenvalue weighted by atomic mass is 16.5. The molecule has 3 aromatic carbocycles. The molecule has 0 saturated heterocycles. The van der Waals surface area contributed by atoms with Gasteiger partial charge in [-0.05, 0) is 55.0 Å². The van der Waals surface area contributed by atoms with E-state index in [1.165, 1.54) is 7.11 Å². The van der Waals surface area contributed by atoms with Gasteiger partial charge in [0.2, 0.25) is 5.89 Å². The third kappa shape index (κ3) is 3.78. The van der Waals surface area contributed by atoms with E-state index in [0.29, 0.717) is 28.6 Å². The Bertz CT molecular complexity index is 1200. The Hall–Kier alpha value is -3.80. The first-order valence-corrected chi connectivity index (χ1v) is 9.08. The number of aromatic nitrogens is 1. The van der Waals surface area contributed by atoms with Crippen molar-refractivity contribution in [3.8, 4) is 23.0 Å². The maximum absolute atomic E-state index is 12.7. The Morgan fingerprint density at radius 1 is 1.00 bits per heavy atom. The molecule has 0 atom stereocenters. The second-order valence-corrected chi connectivity index (χ2v) is 6.59. The van der Waals surface area contributed by atoms with Gasteiger partial charge in [0.15, 0.2) is 5.58 Å². The summed E-state index contributed by atoms with van der Waals surface area (Å²) in [7, 11) is 3.08. The molecule has 1 N–H and O–H groups in total. The van der Waals surface area contributed by atoms with Crippen LogP contribution < -0.4 is 14.8 Å². The predicted octanol–water partition coefficient (Wildman–Crippen LogP) is 5.07. The van der Waals surface area contributed by atoms with E-state index in [2.05, 4.69) is 10.3 Å². The second-order valence-electron chi connectivity index (χ2n) is 6.59. The lowest BCUT2D eigenvalue weighted by molar-refractivity contribution is 0.102. The first-order valence-electron chi connectivity index (χ1n) is 9.08.